The molecule has 232 valence electrons. The summed E-state index contributed by atoms with van der Waals surface area (Å²) in [4.78, 5) is 27.7. The molecule has 5 aromatic rings. The summed E-state index contributed by atoms with van der Waals surface area (Å²) in [7, 11) is 0. The van der Waals surface area contributed by atoms with E-state index in [4.69, 9.17) is 0 Å². The van der Waals surface area contributed by atoms with Crippen molar-refractivity contribution in [1.29, 1.82) is 0 Å². The first-order chi connectivity index (χ1) is 23.0. The summed E-state index contributed by atoms with van der Waals surface area (Å²) >= 11 is 0. The molecule has 0 aromatic heterocycles. The van der Waals surface area contributed by atoms with Crippen molar-refractivity contribution in [1.82, 2.24) is 0 Å². The standard InChI is InChI=1S/C38H30O3.C6H8/c1-23-10-13-25-6-2-4-8-28(25)33(23)21-34-30-16-17-31-29-9-5-3-7-27(29)20-35(37(31)32(30)18-19-36(34)40)38(41)26-14-11-24(22-39)12-15-26;1-2-4-6-5-3-1/h2-17,20,35,39H,18-19,21-22H2,1H3;1-4H,5-6H2/t35-;/m0./s1. The predicted molar refractivity (Wildman–Crippen MR) is 190 cm³/mol. The van der Waals surface area contributed by atoms with Gasteiger partial charge in [0, 0.05) is 24.0 Å². The lowest BCUT2D eigenvalue weighted by molar-refractivity contribution is -0.114. The lowest BCUT2D eigenvalue weighted by Gasteiger charge is -2.25. The second-order valence-corrected chi connectivity index (χ2v) is 12.6. The zero-order valence-electron chi connectivity index (χ0n) is 26.7. The van der Waals surface area contributed by atoms with E-state index in [1.807, 2.05) is 42.5 Å². The van der Waals surface area contributed by atoms with Gasteiger partial charge in [-0.15, -0.1) is 0 Å². The molecule has 3 aliphatic carbocycles. The molecule has 3 aliphatic rings. The molecule has 0 saturated heterocycles. The number of hydrogen-bond donors (Lipinski definition) is 1. The smallest absolute Gasteiger partial charge is 0.174 e. The van der Waals surface area contributed by atoms with Crippen molar-refractivity contribution >= 4 is 34.0 Å². The van der Waals surface area contributed by atoms with Crippen molar-refractivity contribution in [3.63, 3.8) is 0 Å². The molecule has 0 bridgehead atoms. The van der Waals surface area contributed by atoms with Gasteiger partial charge in [-0.1, -0.05) is 127 Å². The normalized spacial score (nSPS) is 16.0. The fourth-order valence-corrected chi connectivity index (χ4v) is 7.25. The number of aliphatic hydroxyl groups is 1. The Morgan fingerprint density at radius 1 is 0.766 bits per heavy atom. The summed E-state index contributed by atoms with van der Waals surface area (Å²) < 4.78 is 0. The van der Waals surface area contributed by atoms with Gasteiger partial charge in [0.25, 0.3) is 0 Å². The molecular weight excluding hydrogens is 576 g/mol. The van der Waals surface area contributed by atoms with Crippen LogP contribution in [-0.4, -0.2) is 16.7 Å². The van der Waals surface area contributed by atoms with E-state index >= 15 is 0 Å². The zero-order valence-corrected chi connectivity index (χ0v) is 26.7. The Morgan fingerprint density at radius 3 is 2.23 bits per heavy atom. The molecule has 0 unspecified atom stereocenters. The Labute approximate surface area is 275 Å². The van der Waals surface area contributed by atoms with Crippen LogP contribution in [0.15, 0.2) is 121 Å². The highest BCUT2D eigenvalue weighted by Crippen LogP contribution is 2.32. The summed E-state index contributed by atoms with van der Waals surface area (Å²) in [6, 6.07) is 32.3. The fourth-order valence-electron chi connectivity index (χ4n) is 7.25. The van der Waals surface area contributed by atoms with Gasteiger partial charge in [0.1, 0.15) is 0 Å². The number of ketones is 2. The van der Waals surface area contributed by atoms with Crippen LogP contribution in [0.4, 0.5) is 0 Å². The van der Waals surface area contributed by atoms with Crippen LogP contribution in [-0.2, 0) is 24.2 Å². The highest BCUT2D eigenvalue weighted by atomic mass is 16.3. The van der Waals surface area contributed by atoms with Crippen LogP contribution in [0.1, 0.15) is 63.4 Å². The number of carbonyl (C=O) groups excluding carboxylic acids is 2. The average molecular weight is 615 g/mol. The molecule has 1 atom stereocenters. The van der Waals surface area contributed by atoms with E-state index in [0.29, 0.717) is 24.8 Å². The Balaban J connectivity index is 0.000000529. The highest BCUT2D eigenvalue weighted by Gasteiger charge is 2.29. The monoisotopic (exact) mass is 614 g/mol. The van der Waals surface area contributed by atoms with Gasteiger partial charge in [0.05, 0.1) is 12.5 Å². The SMILES string of the molecule is C1=CCCC=C1.Cc1ccc2ccccc2c1CC1=c2ccc3c(c2CCC1=O)[C@@H](C(=O)c1ccc(CO)cc1)C=c1ccccc1=3. The van der Waals surface area contributed by atoms with Crippen LogP contribution < -0.4 is 10.4 Å². The minimum atomic E-state index is -0.455. The van der Waals surface area contributed by atoms with Crippen LogP contribution in [0, 0.1) is 17.4 Å². The molecule has 0 amide bonds. The van der Waals surface area contributed by atoms with E-state index in [2.05, 4.69) is 91.9 Å². The lowest BCUT2D eigenvalue weighted by Crippen LogP contribution is -2.31. The Morgan fingerprint density at radius 2 is 1.49 bits per heavy atom. The second-order valence-electron chi connectivity index (χ2n) is 12.6. The molecule has 0 heterocycles. The van der Waals surface area contributed by atoms with Gasteiger partial charge in [-0.3, -0.25) is 9.59 Å². The molecule has 8 rings (SSSR count). The number of aryl methyl sites for hydroxylation is 1. The Kier molecular flexibility index (Phi) is 8.65. The quantitative estimate of drug-likeness (QED) is 0.209. The molecule has 5 aromatic carbocycles. The molecule has 3 nitrogen and oxygen atoms in total. The summed E-state index contributed by atoms with van der Waals surface area (Å²) in [6.07, 6.45) is 14.7. The molecule has 1 N–H and O–H groups in total. The van der Waals surface area contributed by atoms with Crippen molar-refractivity contribution < 1.29 is 14.7 Å². The Hall–Kier alpha value is -5.12. The molecule has 47 heavy (non-hydrogen) atoms. The van der Waals surface area contributed by atoms with E-state index < -0.39 is 5.92 Å². The number of hydrogen-bond acceptors (Lipinski definition) is 3. The molecule has 0 fully saturated rings. The number of fused-ring (bicyclic) bond motifs is 5. The minimum absolute atomic E-state index is 0.0296. The summed E-state index contributed by atoms with van der Waals surface area (Å²) in [5, 5.41) is 16.1. The highest BCUT2D eigenvalue weighted by molar-refractivity contribution is 6.17. The van der Waals surface area contributed by atoms with Crippen molar-refractivity contribution in [2.24, 2.45) is 0 Å². The molecule has 3 heteroatoms. The summed E-state index contributed by atoms with van der Waals surface area (Å²) in [5.74, 6) is -0.238. The number of Topliss-reactive ketones (excluding diaryl/α,β-unsaturated/α-hetero) is 2. The Bertz CT molecular complexity index is 2290. The molecule has 0 radical (unpaired) electrons. The molecule has 0 aliphatic heterocycles. The van der Waals surface area contributed by atoms with Crippen molar-refractivity contribution in [2.75, 3.05) is 0 Å². The topological polar surface area (TPSA) is 54.4 Å². The van der Waals surface area contributed by atoms with E-state index in [9.17, 15) is 14.7 Å². The van der Waals surface area contributed by atoms with Crippen LogP contribution in [0.25, 0.3) is 22.4 Å². The maximum absolute atomic E-state index is 14.1. The van der Waals surface area contributed by atoms with Gasteiger partial charge < -0.3 is 5.11 Å². The van der Waals surface area contributed by atoms with Gasteiger partial charge in [0.15, 0.2) is 11.6 Å². The van der Waals surface area contributed by atoms with Crippen molar-refractivity contribution in [3.05, 3.63) is 176 Å². The van der Waals surface area contributed by atoms with Crippen LogP contribution in [0.3, 0.4) is 0 Å². The second kappa shape index (κ2) is 13.3. The molecular formula is C44H38O3. The van der Waals surface area contributed by atoms with Crippen LogP contribution in [0.2, 0.25) is 0 Å². The third-order valence-corrected chi connectivity index (χ3v) is 9.74. The minimum Gasteiger partial charge on any atom is -0.392 e. The van der Waals surface area contributed by atoms with Gasteiger partial charge in [-0.2, -0.15) is 0 Å². The number of rotatable bonds is 5. The first-order valence-electron chi connectivity index (χ1n) is 16.6. The fraction of sp³-hybridized carbons (Fsp3) is 0.182. The van der Waals surface area contributed by atoms with Gasteiger partial charge in [-0.05, 0) is 85.7 Å². The predicted octanol–water partition coefficient (Wildman–Crippen LogP) is 7.49. The number of aliphatic hydroxyl groups excluding tert-OH is 1. The zero-order chi connectivity index (χ0) is 32.3. The van der Waals surface area contributed by atoms with E-state index in [0.717, 1.165) is 43.1 Å². The van der Waals surface area contributed by atoms with E-state index in [1.165, 1.54) is 34.7 Å². The first kappa shape index (κ1) is 30.5. The third kappa shape index (κ3) is 5.95. The lowest BCUT2D eigenvalue weighted by atomic mass is 9.77. The van der Waals surface area contributed by atoms with Gasteiger partial charge in [0.2, 0.25) is 0 Å². The first-order valence-corrected chi connectivity index (χ1v) is 16.6. The van der Waals surface area contributed by atoms with Gasteiger partial charge in [-0.25, -0.2) is 0 Å². The maximum atomic E-state index is 14.1. The number of benzene rings is 5. The van der Waals surface area contributed by atoms with Crippen molar-refractivity contribution in [3.8, 4) is 0 Å². The largest absolute Gasteiger partial charge is 0.392 e. The number of allylic oxidation sites excluding steroid dienone is 4. The summed E-state index contributed by atoms with van der Waals surface area (Å²) in [6.45, 7) is 2.06. The average Bonchev–Trinajstić information content (AvgIpc) is 3.13. The van der Waals surface area contributed by atoms with E-state index in [-0.39, 0.29) is 18.2 Å². The summed E-state index contributed by atoms with van der Waals surface area (Å²) in [5.41, 5.74) is 6.74. The van der Waals surface area contributed by atoms with Crippen LogP contribution in [0.5, 0.6) is 0 Å². The molecule has 0 saturated carbocycles. The third-order valence-electron chi connectivity index (χ3n) is 9.74. The van der Waals surface area contributed by atoms with Crippen molar-refractivity contribution in [2.45, 2.75) is 51.6 Å². The van der Waals surface area contributed by atoms with Gasteiger partial charge >= 0.3 is 0 Å². The van der Waals surface area contributed by atoms with Crippen LogP contribution >= 0.6 is 0 Å². The maximum Gasteiger partial charge on any atom is 0.174 e. The number of carbonyl (C=O) groups is 2. The molecule has 0 spiro atoms. The van der Waals surface area contributed by atoms with E-state index in [1.54, 1.807) is 0 Å².